The third-order valence-corrected chi connectivity index (χ3v) is 7.01. The molecule has 0 fully saturated rings. The number of alkyl halides is 2. The van der Waals surface area contributed by atoms with Gasteiger partial charge in [0.05, 0.1) is 6.42 Å². The highest BCUT2D eigenvalue weighted by Crippen LogP contribution is 2.52. The summed E-state index contributed by atoms with van der Waals surface area (Å²) in [5.41, 5.74) is 0.614. The van der Waals surface area contributed by atoms with E-state index in [0.29, 0.717) is 10.1 Å². The molecule has 1 aliphatic carbocycles. The monoisotopic (exact) mass is 432 g/mol. The Bertz CT molecular complexity index is 393. The van der Waals surface area contributed by atoms with Gasteiger partial charge in [0.25, 0.3) is 0 Å². The van der Waals surface area contributed by atoms with Crippen molar-refractivity contribution in [3.8, 4) is 0 Å². The Balaban J connectivity index is 3.23. The van der Waals surface area contributed by atoms with Gasteiger partial charge in [-0.05, 0) is 43.5 Å². The Morgan fingerprint density at radius 3 is 2.41 bits per heavy atom. The van der Waals surface area contributed by atoms with Gasteiger partial charge in [0.1, 0.15) is 0 Å². The lowest BCUT2D eigenvalue weighted by Gasteiger charge is -2.41. The molecular formula is C10H11Br3O4. The lowest BCUT2D eigenvalue weighted by atomic mass is 9.99. The van der Waals surface area contributed by atoms with Crippen LogP contribution in [0.1, 0.15) is 6.42 Å². The maximum atomic E-state index is 10.8. The summed E-state index contributed by atoms with van der Waals surface area (Å²) < 4.78 is 9.43. The van der Waals surface area contributed by atoms with E-state index in [0.717, 1.165) is 0 Å². The first-order valence-electron chi connectivity index (χ1n) is 4.59. The third kappa shape index (κ3) is 2.68. The smallest absolute Gasteiger partial charge is 0.307 e. The van der Waals surface area contributed by atoms with Gasteiger partial charge in [0, 0.05) is 18.7 Å². The highest BCUT2D eigenvalue weighted by Gasteiger charge is 2.52. The van der Waals surface area contributed by atoms with Crippen molar-refractivity contribution in [1.29, 1.82) is 0 Å². The van der Waals surface area contributed by atoms with Gasteiger partial charge in [-0.2, -0.15) is 0 Å². The fraction of sp³-hybridized carbons (Fsp3) is 0.500. The van der Waals surface area contributed by atoms with Crippen LogP contribution in [0.5, 0.6) is 0 Å². The maximum absolute atomic E-state index is 10.8. The van der Waals surface area contributed by atoms with Crippen molar-refractivity contribution in [2.75, 3.05) is 14.2 Å². The minimum absolute atomic E-state index is 0.0966. The number of carboxylic acid groups (broad SMARTS) is 1. The van der Waals surface area contributed by atoms with Gasteiger partial charge in [-0.3, -0.25) is 4.79 Å². The number of hydrogen-bond donors (Lipinski definition) is 1. The van der Waals surface area contributed by atoms with Crippen molar-refractivity contribution in [3.05, 3.63) is 22.2 Å². The fourth-order valence-corrected chi connectivity index (χ4v) is 3.51. The molecular weight excluding hydrogens is 424 g/mol. The second-order valence-corrected chi connectivity index (χ2v) is 6.48. The van der Waals surface area contributed by atoms with E-state index in [2.05, 4.69) is 47.8 Å². The number of methoxy groups -OCH3 is 2. The predicted molar refractivity (Wildman–Crippen MR) is 74.7 cm³/mol. The highest BCUT2D eigenvalue weighted by atomic mass is 79.9. The largest absolute Gasteiger partial charge is 0.481 e. The maximum Gasteiger partial charge on any atom is 0.307 e. The zero-order valence-electron chi connectivity index (χ0n) is 9.17. The molecule has 1 N–H and O–H groups in total. The molecule has 0 aromatic rings. The molecule has 17 heavy (non-hydrogen) atoms. The van der Waals surface area contributed by atoms with Crippen molar-refractivity contribution in [2.24, 2.45) is 0 Å². The highest BCUT2D eigenvalue weighted by molar-refractivity contribution is 9.15. The number of rotatable bonds is 4. The lowest BCUT2D eigenvalue weighted by Crippen LogP contribution is -2.48. The molecule has 1 aliphatic rings. The first-order valence-corrected chi connectivity index (χ1v) is 6.97. The van der Waals surface area contributed by atoms with Gasteiger partial charge in [-0.25, -0.2) is 0 Å². The molecule has 0 spiro atoms. The molecule has 0 aromatic heterocycles. The Kier molecular flexibility index (Phi) is 4.99. The standard InChI is InChI=1S/C10H11Br3O4/c1-16-9(12)4-3-6(5-7(14)15)8(11)10(9,13)17-2/h3-4H,5H2,1-2H3,(H,14,15). The van der Waals surface area contributed by atoms with Gasteiger partial charge < -0.3 is 14.6 Å². The Hall–Kier alpha value is 0.310. The van der Waals surface area contributed by atoms with Crippen LogP contribution in [-0.2, 0) is 14.3 Å². The van der Waals surface area contributed by atoms with E-state index in [1.54, 1.807) is 12.2 Å². The van der Waals surface area contributed by atoms with Crippen molar-refractivity contribution >= 4 is 53.8 Å². The van der Waals surface area contributed by atoms with Gasteiger partial charge in [-0.1, -0.05) is 22.0 Å². The second kappa shape index (κ2) is 5.52. The fourth-order valence-electron chi connectivity index (χ4n) is 1.47. The molecule has 96 valence electrons. The molecule has 4 nitrogen and oxygen atoms in total. The van der Waals surface area contributed by atoms with Crippen molar-refractivity contribution in [1.82, 2.24) is 0 Å². The van der Waals surface area contributed by atoms with Gasteiger partial charge >= 0.3 is 5.97 Å². The summed E-state index contributed by atoms with van der Waals surface area (Å²) >= 11 is 10.2. The number of carboxylic acids is 1. The Morgan fingerprint density at radius 1 is 1.41 bits per heavy atom. The summed E-state index contributed by atoms with van der Waals surface area (Å²) in [5.74, 6) is -0.910. The van der Waals surface area contributed by atoms with E-state index in [-0.39, 0.29) is 6.42 Å². The van der Waals surface area contributed by atoms with E-state index in [9.17, 15) is 4.79 Å². The molecule has 0 radical (unpaired) electrons. The summed E-state index contributed by atoms with van der Waals surface area (Å²) in [5, 5.41) is 8.83. The zero-order valence-corrected chi connectivity index (χ0v) is 13.9. The van der Waals surface area contributed by atoms with E-state index in [1.165, 1.54) is 14.2 Å². The molecule has 0 heterocycles. The summed E-state index contributed by atoms with van der Waals surface area (Å²) in [4.78, 5) is 10.8. The van der Waals surface area contributed by atoms with Crippen LogP contribution >= 0.6 is 47.8 Å². The molecule has 0 aliphatic heterocycles. The molecule has 0 aromatic carbocycles. The number of halogens is 3. The Morgan fingerprint density at radius 2 is 2.00 bits per heavy atom. The van der Waals surface area contributed by atoms with Crippen LogP contribution in [0.25, 0.3) is 0 Å². The third-order valence-electron chi connectivity index (χ3n) is 2.42. The quantitative estimate of drug-likeness (QED) is 0.691. The molecule has 0 saturated carbocycles. The van der Waals surface area contributed by atoms with Crippen LogP contribution in [0, 0.1) is 0 Å². The van der Waals surface area contributed by atoms with Gasteiger partial charge in [0.2, 0.25) is 0 Å². The van der Waals surface area contributed by atoms with E-state index in [1.807, 2.05) is 0 Å². The molecule has 2 unspecified atom stereocenters. The van der Waals surface area contributed by atoms with Gasteiger partial charge in [0.15, 0.2) is 9.02 Å². The van der Waals surface area contributed by atoms with E-state index >= 15 is 0 Å². The van der Waals surface area contributed by atoms with Crippen LogP contribution in [0.4, 0.5) is 0 Å². The number of hydrogen-bond acceptors (Lipinski definition) is 3. The van der Waals surface area contributed by atoms with Crippen molar-refractivity contribution in [3.63, 3.8) is 0 Å². The SMILES string of the molecule is COC1(Br)C=CC(CC(=O)O)=C(Br)C1(Br)OC. The first-order chi connectivity index (χ1) is 7.80. The predicted octanol–water partition coefficient (Wildman–Crippen LogP) is 3.16. The summed E-state index contributed by atoms with van der Waals surface area (Å²) in [6, 6.07) is 0. The van der Waals surface area contributed by atoms with Crippen molar-refractivity contribution < 1.29 is 19.4 Å². The number of allylic oxidation sites excluding steroid dienone is 1. The van der Waals surface area contributed by atoms with E-state index in [4.69, 9.17) is 14.6 Å². The van der Waals surface area contributed by atoms with Gasteiger partial charge in [-0.15, -0.1) is 0 Å². The molecule has 2 atom stereocenters. The van der Waals surface area contributed by atoms with Crippen LogP contribution in [0.2, 0.25) is 0 Å². The number of carbonyl (C=O) groups is 1. The summed E-state index contributed by atoms with van der Waals surface area (Å²) in [6.07, 6.45) is 3.30. The summed E-state index contributed by atoms with van der Waals surface area (Å²) in [6.45, 7) is 0. The number of ether oxygens (including phenoxy) is 2. The van der Waals surface area contributed by atoms with Crippen LogP contribution in [0.3, 0.4) is 0 Å². The van der Waals surface area contributed by atoms with Crippen LogP contribution < -0.4 is 0 Å². The lowest BCUT2D eigenvalue weighted by molar-refractivity contribution is -0.136. The summed E-state index contributed by atoms with van der Waals surface area (Å²) in [7, 11) is 3.03. The normalized spacial score (nSPS) is 33.0. The zero-order chi connectivity index (χ0) is 13.3. The average molecular weight is 435 g/mol. The minimum Gasteiger partial charge on any atom is -0.481 e. The molecule has 7 heteroatoms. The molecule has 0 saturated heterocycles. The van der Waals surface area contributed by atoms with Crippen LogP contribution in [-0.4, -0.2) is 34.3 Å². The van der Waals surface area contributed by atoms with Crippen LogP contribution in [0.15, 0.2) is 22.2 Å². The second-order valence-electron chi connectivity index (χ2n) is 3.39. The topological polar surface area (TPSA) is 55.8 Å². The number of aliphatic carboxylic acids is 1. The van der Waals surface area contributed by atoms with E-state index < -0.39 is 15.0 Å². The molecule has 0 bridgehead atoms. The minimum atomic E-state index is -1.01. The molecule has 1 rings (SSSR count). The van der Waals surface area contributed by atoms with Crippen molar-refractivity contribution in [2.45, 2.75) is 15.4 Å². The first kappa shape index (κ1) is 15.4. The average Bonchev–Trinajstić information content (AvgIpc) is 2.29. The Labute approximate surface area is 124 Å². The molecule has 0 amide bonds.